The summed E-state index contributed by atoms with van der Waals surface area (Å²) in [6.07, 6.45) is -1.78. The molecular formula is C15H21F2N5O. The van der Waals surface area contributed by atoms with Crippen molar-refractivity contribution in [2.75, 3.05) is 10.6 Å². The van der Waals surface area contributed by atoms with Crippen LogP contribution in [0.5, 0.6) is 0 Å². The van der Waals surface area contributed by atoms with Gasteiger partial charge in [-0.1, -0.05) is 0 Å². The average Bonchev–Trinajstić information content (AvgIpc) is 2.43. The Labute approximate surface area is 133 Å². The fourth-order valence-corrected chi connectivity index (χ4v) is 2.16. The molecule has 1 aromatic rings. The van der Waals surface area contributed by atoms with Crippen molar-refractivity contribution in [1.82, 2.24) is 15.0 Å². The van der Waals surface area contributed by atoms with Crippen LogP contribution in [0.1, 0.15) is 46.4 Å². The van der Waals surface area contributed by atoms with Crippen LogP contribution < -0.4 is 10.6 Å². The molecule has 0 saturated carbocycles. The average molecular weight is 325 g/mol. The first-order chi connectivity index (χ1) is 10.8. The molecule has 0 radical (unpaired) electrons. The maximum absolute atomic E-state index is 14.1. The Balaban J connectivity index is 2.46. The van der Waals surface area contributed by atoms with E-state index < -0.39 is 17.8 Å². The van der Waals surface area contributed by atoms with Gasteiger partial charge in [0.2, 0.25) is 17.7 Å². The van der Waals surface area contributed by atoms with Crippen molar-refractivity contribution in [2.45, 2.75) is 58.8 Å². The molecule has 126 valence electrons. The first-order valence-corrected chi connectivity index (χ1v) is 7.64. The lowest BCUT2D eigenvalue weighted by Crippen LogP contribution is -2.23. The van der Waals surface area contributed by atoms with Crippen LogP contribution >= 0.6 is 0 Å². The lowest BCUT2D eigenvalue weighted by atomic mass is 9.95. The molecule has 0 aliphatic heterocycles. The number of ketones is 1. The highest BCUT2D eigenvalue weighted by atomic mass is 19.1. The van der Waals surface area contributed by atoms with Crippen molar-refractivity contribution >= 4 is 23.3 Å². The summed E-state index contributed by atoms with van der Waals surface area (Å²) in [7, 11) is 0. The van der Waals surface area contributed by atoms with Crippen molar-refractivity contribution in [1.29, 1.82) is 0 Å². The molecule has 1 aliphatic carbocycles. The lowest BCUT2D eigenvalue weighted by molar-refractivity contribution is -0.122. The van der Waals surface area contributed by atoms with Crippen molar-refractivity contribution in [3.8, 4) is 0 Å². The zero-order valence-corrected chi connectivity index (χ0v) is 13.7. The quantitative estimate of drug-likeness (QED) is 0.866. The molecule has 0 spiro atoms. The number of alkyl halides is 1. The van der Waals surface area contributed by atoms with Gasteiger partial charge in [-0.2, -0.15) is 15.0 Å². The highest BCUT2D eigenvalue weighted by molar-refractivity contribution is 6.04. The van der Waals surface area contributed by atoms with E-state index in [2.05, 4.69) is 25.6 Å². The minimum absolute atomic E-state index is 0.0323. The van der Waals surface area contributed by atoms with Crippen LogP contribution in [0.25, 0.3) is 5.57 Å². The third-order valence-corrected chi connectivity index (χ3v) is 3.15. The minimum atomic E-state index is -1.79. The molecule has 1 heterocycles. The van der Waals surface area contributed by atoms with Gasteiger partial charge < -0.3 is 10.6 Å². The molecule has 0 amide bonds. The molecule has 1 atom stereocenters. The van der Waals surface area contributed by atoms with E-state index in [4.69, 9.17) is 0 Å². The predicted octanol–water partition coefficient (Wildman–Crippen LogP) is 2.89. The summed E-state index contributed by atoms with van der Waals surface area (Å²) < 4.78 is 27.4. The number of carbonyl (C=O) groups excluding carboxylic acids is 1. The second-order valence-electron chi connectivity index (χ2n) is 6.07. The first kappa shape index (κ1) is 17.2. The van der Waals surface area contributed by atoms with E-state index in [9.17, 15) is 13.6 Å². The molecule has 0 aromatic carbocycles. The zero-order valence-electron chi connectivity index (χ0n) is 13.7. The van der Waals surface area contributed by atoms with E-state index in [1.807, 2.05) is 27.7 Å². The number of hydrogen-bond acceptors (Lipinski definition) is 6. The van der Waals surface area contributed by atoms with Crippen LogP contribution in [-0.2, 0) is 4.79 Å². The fraction of sp³-hybridized carbons (Fsp3) is 0.600. The third kappa shape index (κ3) is 4.20. The van der Waals surface area contributed by atoms with Crippen LogP contribution in [0, 0.1) is 0 Å². The number of anilines is 2. The van der Waals surface area contributed by atoms with E-state index in [1.165, 1.54) is 0 Å². The van der Waals surface area contributed by atoms with Gasteiger partial charge in [0.25, 0.3) is 0 Å². The Kier molecular flexibility index (Phi) is 5.23. The summed E-state index contributed by atoms with van der Waals surface area (Å²) in [4.78, 5) is 24.1. The van der Waals surface area contributed by atoms with Gasteiger partial charge in [0.1, 0.15) is 0 Å². The maximum Gasteiger partial charge on any atom is 0.228 e. The molecule has 0 fully saturated rings. The van der Waals surface area contributed by atoms with Crippen LogP contribution in [-0.4, -0.2) is 39.0 Å². The lowest BCUT2D eigenvalue weighted by Gasteiger charge is -2.18. The molecule has 0 saturated heterocycles. The van der Waals surface area contributed by atoms with Gasteiger partial charge in [-0.25, -0.2) is 8.78 Å². The second kappa shape index (κ2) is 6.97. The van der Waals surface area contributed by atoms with E-state index in [1.54, 1.807) is 0 Å². The van der Waals surface area contributed by atoms with Crippen molar-refractivity contribution in [3.05, 3.63) is 11.7 Å². The number of aromatic nitrogens is 3. The summed E-state index contributed by atoms with van der Waals surface area (Å²) >= 11 is 0. The van der Waals surface area contributed by atoms with Gasteiger partial charge in [-0.15, -0.1) is 0 Å². The summed E-state index contributed by atoms with van der Waals surface area (Å²) in [5, 5.41) is 6.05. The summed E-state index contributed by atoms with van der Waals surface area (Å²) in [5.41, 5.74) is 0.0323. The topological polar surface area (TPSA) is 79.8 Å². The largest absolute Gasteiger partial charge is 0.352 e. The first-order valence-electron chi connectivity index (χ1n) is 7.64. The van der Waals surface area contributed by atoms with Crippen molar-refractivity contribution < 1.29 is 13.6 Å². The van der Waals surface area contributed by atoms with Gasteiger partial charge in [0.15, 0.2) is 17.8 Å². The number of carbonyl (C=O) groups is 1. The number of halogens is 2. The standard InChI is InChI=1S/C15H21F2N5O/c1-7(2)18-14-20-13(21-15(22-14)19-8(3)4)9-5-6-10(16)12(23)11(9)17/h7-8,10H,5-6H2,1-4H3,(H2,18,19,20,21,22). The number of Topliss-reactive ketones (excluding diaryl/α,β-unsaturated/α-hetero) is 1. The van der Waals surface area contributed by atoms with Gasteiger partial charge >= 0.3 is 0 Å². The van der Waals surface area contributed by atoms with E-state index in [0.717, 1.165) is 0 Å². The molecule has 6 nitrogen and oxygen atoms in total. The van der Waals surface area contributed by atoms with Gasteiger partial charge in [0.05, 0.1) is 0 Å². The van der Waals surface area contributed by atoms with Gasteiger partial charge in [-0.05, 0) is 40.5 Å². The Bertz CT molecular complexity index is 602. The van der Waals surface area contributed by atoms with Crippen LogP contribution in [0.4, 0.5) is 20.7 Å². The maximum atomic E-state index is 14.1. The van der Waals surface area contributed by atoms with Crippen LogP contribution in [0.3, 0.4) is 0 Å². The van der Waals surface area contributed by atoms with E-state index >= 15 is 0 Å². The Morgan fingerprint density at radius 1 is 1.04 bits per heavy atom. The molecule has 2 N–H and O–H groups in total. The minimum Gasteiger partial charge on any atom is -0.352 e. The van der Waals surface area contributed by atoms with Crippen molar-refractivity contribution in [3.63, 3.8) is 0 Å². The number of rotatable bonds is 5. The Morgan fingerprint density at radius 2 is 1.57 bits per heavy atom. The monoisotopic (exact) mass is 325 g/mol. The molecule has 2 rings (SSSR count). The van der Waals surface area contributed by atoms with Crippen LogP contribution in [0.2, 0.25) is 0 Å². The summed E-state index contributed by atoms with van der Waals surface area (Å²) in [6, 6.07) is 0.137. The normalized spacial score (nSPS) is 18.8. The third-order valence-electron chi connectivity index (χ3n) is 3.15. The molecule has 1 aromatic heterocycles. The summed E-state index contributed by atoms with van der Waals surface area (Å²) in [5.74, 6) is -1.61. The molecule has 1 aliphatic rings. The molecule has 8 heteroatoms. The van der Waals surface area contributed by atoms with Crippen LogP contribution in [0.15, 0.2) is 5.83 Å². The van der Waals surface area contributed by atoms with E-state index in [0.29, 0.717) is 0 Å². The Morgan fingerprint density at radius 3 is 2.04 bits per heavy atom. The fourth-order valence-electron chi connectivity index (χ4n) is 2.16. The second-order valence-corrected chi connectivity index (χ2v) is 6.07. The smallest absolute Gasteiger partial charge is 0.228 e. The predicted molar refractivity (Wildman–Crippen MR) is 84.5 cm³/mol. The van der Waals surface area contributed by atoms with Gasteiger partial charge in [0, 0.05) is 17.7 Å². The van der Waals surface area contributed by atoms with Crippen molar-refractivity contribution in [2.24, 2.45) is 0 Å². The SMILES string of the molecule is CC(C)Nc1nc(NC(C)C)nc(C2=C(F)C(=O)C(F)CC2)n1. The zero-order chi connectivity index (χ0) is 17.1. The Hall–Kier alpha value is -2.12. The number of nitrogens with one attached hydrogen (secondary N) is 2. The highest BCUT2D eigenvalue weighted by Gasteiger charge is 2.32. The van der Waals surface area contributed by atoms with Gasteiger partial charge in [-0.3, -0.25) is 4.79 Å². The highest BCUT2D eigenvalue weighted by Crippen LogP contribution is 2.31. The number of allylic oxidation sites excluding steroid dienone is 2. The molecular weight excluding hydrogens is 304 g/mol. The molecule has 1 unspecified atom stereocenters. The van der Waals surface area contributed by atoms with E-state index in [-0.39, 0.29) is 48.2 Å². The molecule has 23 heavy (non-hydrogen) atoms. The molecule has 0 bridgehead atoms. The number of nitrogens with zero attached hydrogens (tertiary/aromatic N) is 3. The summed E-state index contributed by atoms with van der Waals surface area (Å²) in [6.45, 7) is 7.65. The number of hydrogen-bond donors (Lipinski definition) is 2.